The van der Waals surface area contributed by atoms with E-state index < -0.39 is 22.1 Å². The van der Waals surface area contributed by atoms with Gasteiger partial charge in [-0.1, -0.05) is 0 Å². The van der Waals surface area contributed by atoms with Gasteiger partial charge in [0.15, 0.2) is 0 Å². The van der Waals surface area contributed by atoms with Gasteiger partial charge in [0, 0.05) is 19.4 Å². The van der Waals surface area contributed by atoms with E-state index in [1.54, 1.807) is 0 Å². The minimum Gasteiger partial charge on any atom is -0.347 e. The van der Waals surface area contributed by atoms with Crippen LogP contribution in [0.1, 0.15) is 5.82 Å². The summed E-state index contributed by atoms with van der Waals surface area (Å²) in [5, 5.41) is 0. The first-order valence-corrected chi connectivity index (χ1v) is 5.20. The van der Waals surface area contributed by atoms with Gasteiger partial charge in [0.25, 0.3) is 0 Å². The SMILES string of the molecule is CN(Cc1ncc[nH]1)S(=O)(=O)C(F)(F)F. The van der Waals surface area contributed by atoms with Crippen LogP contribution < -0.4 is 0 Å². The second-order valence-corrected chi connectivity index (χ2v) is 4.78. The van der Waals surface area contributed by atoms with Crippen LogP contribution in [0.15, 0.2) is 12.4 Å². The standard InChI is InChI=1S/C6H8F3N3O2S/c1-12(4-5-10-2-3-11-5)15(13,14)6(7,8)9/h2-3H,4H2,1H3,(H,10,11). The lowest BCUT2D eigenvalue weighted by atomic mass is 10.6. The van der Waals surface area contributed by atoms with Crippen molar-refractivity contribution in [3.05, 3.63) is 18.2 Å². The Labute approximate surface area is 84.0 Å². The molecule has 15 heavy (non-hydrogen) atoms. The van der Waals surface area contributed by atoms with Crippen LogP contribution in [0.5, 0.6) is 0 Å². The lowest BCUT2D eigenvalue weighted by molar-refractivity contribution is -0.0484. The summed E-state index contributed by atoms with van der Waals surface area (Å²) < 4.78 is 58.0. The van der Waals surface area contributed by atoms with E-state index >= 15 is 0 Å². The van der Waals surface area contributed by atoms with Gasteiger partial charge in [-0.3, -0.25) is 0 Å². The number of nitrogens with one attached hydrogen (secondary N) is 1. The second kappa shape index (κ2) is 3.81. The number of sulfonamides is 1. The number of hydrogen-bond acceptors (Lipinski definition) is 3. The van der Waals surface area contributed by atoms with Crippen molar-refractivity contribution in [3.63, 3.8) is 0 Å². The number of H-pyrrole nitrogens is 1. The van der Waals surface area contributed by atoms with Gasteiger partial charge in [-0.15, -0.1) is 0 Å². The Kier molecular flexibility index (Phi) is 3.05. The number of nitrogens with zero attached hydrogens (tertiary/aromatic N) is 2. The molecule has 1 N–H and O–H groups in total. The van der Waals surface area contributed by atoms with E-state index in [1.807, 2.05) is 0 Å². The van der Waals surface area contributed by atoms with Gasteiger partial charge in [0.2, 0.25) is 0 Å². The third-order valence-corrected chi connectivity index (χ3v) is 3.16. The fraction of sp³-hybridized carbons (Fsp3) is 0.500. The van der Waals surface area contributed by atoms with Crippen molar-refractivity contribution >= 4 is 10.0 Å². The number of rotatable bonds is 3. The molecule has 86 valence electrons. The zero-order valence-electron chi connectivity index (χ0n) is 7.61. The third kappa shape index (κ3) is 2.48. The monoisotopic (exact) mass is 243 g/mol. The molecule has 0 fully saturated rings. The summed E-state index contributed by atoms with van der Waals surface area (Å²) in [6, 6.07) is 0. The van der Waals surface area contributed by atoms with Crippen LogP contribution in [0.25, 0.3) is 0 Å². The molecule has 0 spiro atoms. The summed E-state index contributed by atoms with van der Waals surface area (Å²) in [5.41, 5.74) is -5.28. The molecule has 0 bridgehead atoms. The molecule has 1 aromatic rings. The minimum absolute atomic E-state index is 0.144. The molecule has 0 saturated heterocycles. The molecule has 0 aromatic carbocycles. The van der Waals surface area contributed by atoms with Crippen LogP contribution in [-0.2, 0) is 16.6 Å². The van der Waals surface area contributed by atoms with Gasteiger partial charge in [-0.2, -0.15) is 17.5 Å². The predicted octanol–water partition coefficient (Wildman–Crippen LogP) is 0.691. The Morgan fingerprint density at radius 3 is 2.53 bits per heavy atom. The second-order valence-electron chi connectivity index (χ2n) is 2.74. The van der Waals surface area contributed by atoms with E-state index in [0.717, 1.165) is 7.05 Å². The number of aromatic amines is 1. The highest BCUT2D eigenvalue weighted by molar-refractivity contribution is 7.89. The Morgan fingerprint density at radius 2 is 2.13 bits per heavy atom. The van der Waals surface area contributed by atoms with Crippen molar-refractivity contribution < 1.29 is 21.6 Å². The molecule has 1 heterocycles. The molecule has 9 heteroatoms. The molecule has 1 aromatic heterocycles. The largest absolute Gasteiger partial charge is 0.511 e. The molecule has 0 radical (unpaired) electrons. The highest BCUT2D eigenvalue weighted by Gasteiger charge is 2.48. The Morgan fingerprint density at radius 1 is 1.53 bits per heavy atom. The number of alkyl halides is 3. The van der Waals surface area contributed by atoms with E-state index in [0.29, 0.717) is 0 Å². The molecule has 0 aliphatic carbocycles. The lowest BCUT2D eigenvalue weighted by Gasteiger charge is -2.17. The van der Waals surface area contributed by atoms with E-state index in [1.165, 1.54) is 12.4 Å². The highest BCUT2D eigenvalue weighted by atomic mass is 32.2. The van der Waals surface area contributed by atoms with E-state index in [9.17, 15) is 21.6 Å². The van der Waals surface area contributed by atoms with E-state index in [-0.39, 0.29) is 10.1 Å². The zero-order chi connectivity index (χ0) is 11.7. The van der Waals surface area contributed by atoms with Gasteiger partial charge in [0.1, 0.15) is 5.82 Å². The van der Waals surface area contributed by atoms with Gasteiger partial charge < -0.3 is 4.98 Å². The van der Waals surface area contributed by atoms with Crippen molar-refractivity contribution in [3.8, 4) is 0 Å². The summed E-state index contributed by atoms with van der Waals surface area (Å²) in [4.78, 5) is 6.13. The Balaban J connectivity index is 2.82. The number of imidazole rings is 1. The van der Waals surface area contributed by atoms with Crippen LogP contribution in [-0.4, -0.2) is 35.2 Å². The molecule has 0 saturated carbocycles. The molecule has 0 unspecified atom stereocenters. The topological polar surface area (TPSA) is 66.1 Å². The fourth-order valence-corrected chi connectivity index (χ4v) is 1.50. The summed E-state index contributed by atoms with van der Waals surface area (Å²) in [6.07, 6.45) is 2.72. The molecule has 0 amide bonds. The predicted molar refractivity (Wildman–Crippen MR) is 45.0 cm³/mol. The first-order chi connectivity index (χ1) is 6.75. The normalized spacial score (nSPS) is 13.4. The van der Waals surface area contributed by atoms with E-state index in [4.69, 9.17) is 0 Å². The van der Waals surface area contributed by atoms with Crippen molar-refractivity contribution in [2.45, 2.75) is 12.1 Å². The lowest BCUT2D eigenvalue weighted by Crippen LogP contribution is -2.37. The van der Waals surface area contributed by atoms with Gasteiger partial charge >= 0.3 is 15.5 Å². The maximum absolute atomic E-state index is 12.1. The number of aromatic nitrogens is 2. The van der Waals surface area contributed by atoms with Crippen molar-refractivity contribution in [2.24, 2.45) is 0 Å². The smallest absolute Gasteiger partial charge is 0.347 e. The molecule has 5 nitrogen and oxygen atoms in total. The molecule has 0 aliphatic heterocycles. The number of halogens is 3. The van der Waals surface area contributed by atoms with Gasteiger partial charge in [0.05, 0.1) is 6.54 Å². The summed E-state index contributed by atoms with van der Waals surface area (Å²) in [5.74, 6) is 0.144. The Hall–Kier alpha value is -1.09. The minimum atomic E-state index is -5.28. The van der Waals surface area contributed by atoms with Gasteiger partial charge in [-0.25, -0.2) is 13.4 Å². The molecular weight excluding hydrogens is 235 g/mol. The first-order valence-electron chi connectivity index (χ1n) is 3.76. The molecular formula is C6H8F3N3O2S. The van der Waals surface area contributed by atoms with Crippen LogP contribution in [0.2, 0.25) is 0 Å². The van der Waals surface area contributed by atoms with Crippen molar-refractivity contribution in [1.82, 2.24) is 14.3 Å². The quantitative estimate of drug-likeness (QED) is 0.849. The van der Waals surface area contributed by atoms with E-state index in [2.05, 4.69) is 9.97 Å². The average Bonchev–Trinajstić information content (AvgIpc) is 2.54. The van der Waals surface area contributed by atoms with Crippen molar-refractivity contribution in [2.75, 3.05) is 7.05 Å². The summed E-state index contributed by atoms with van der Waals surface area (Å²) in [6.45, 7) is -0.450. The molecule has 0 aliphatic rings. The summed E-state index contributed by atoms with van der Waals surface area (Å²) >= 11 is 0. The first kappa shape index (κ1) is 12.0. The van der Waals surface area contributed by atoms with Crippen LogP contribution >= 0.6 is 0 Å². The zero-order valence-corrected chi connectivity index (χ0v) is 8.43. The third-order valence-electron chi connectivity index (χ3n) is 1.63. The maximum Gasteiger partial charge on any atom is 0.511 e. The maximum atomic E-state index is 12.1. The van der Waals surface area contributed by atoms with Crippen LogP contribution in [0.3, 0.4) is 0 Å². The molecule has 0 atom stereocenters. The Bertz CT molecular complexity index is 411. The number of hydrogen-bond donors (Lipinski definition) is 1. The van der Waals surface area contributed by atoms with Crippen LogP contribution in [0.4, 0.5) is 13.2 Å². The average molecular weight is 243 g/mol. The van der Waals surface area contributed by atoms with Crippen molar-refractivity contribution in [1.29, 1.82) is 0 Å². The fourth-order valence-electron chi connectivity index (χ4n) is 0.857. The van der Waals surface area contributed by atoms with Crippen LogP contribution in [0, 0.1) is 0 Å². The van der Waals surface area contributed by atoms with Gasteiger partial charge in [-0.05, 0) is 0 Å². The highest BCUT2D eigenvalue weighted by Crippen LogP contribution is 2.26. The molecule has 1 rings (SSSR count). The summed E-state index contributed by atoms with van der Waals surface area (Å²) in [7, 11) is -4.44.